The lowest BCUT2D eigenvalue weighted by Crippen LogP contribution is -2.30. The Bertz CT molecular complexity index is 1090. The molecule has 1 aromatic heterocycles. The zero-order chi connectivity index (χ0) is 21.8. The van der Waals surface area contributed by atoms with Gasteiger partial charge >= 0.3 is 0 Å². The number of ether oxygens (including phenoxy) is 1. The second-order valence-electron chi connectivity index (χ2n) is 8.01. The molecule has 0 saturated carbocycles. The van der Waals surface area contributed by atoms with Gasteiger partial charge in [0.15, 0.2) is 5.78 Å². The van der Waals surface area contributed by atoms with E-state index in [4.69, 9.17) is 4.74 Å². The normalized spacial score (nSPS) is 13.9. The number of fused-ring (bicyclic) bond motifs is 1. The van der Waals surface area contributed by atoms with Gasteiger partial charge in [-0.15, -0.1) is 11.3 Å². The number of benzene rings is 2. The molecule has 0 saturated heterocycles. The van der Waals surface area contributed by atoms with Crippen LogP contribution in [0.5, 0.6) is 5.75 Å². The summed E-state index contributed by atoms with van der Waals surface area (Å²) in [5, 5.41) is 5.26. The van der Waals surface area contributed by atoms with Crippen molar-refractivity contribution < 1.29 is 14.3 Å². The van der Waals surface area contributed by atoms with Gasteiger partial charge < -0.3 is 10.1 Å². The van der Waals surface area contributed by atoms with E-state index in [2.05, 4.69) is 29.6 Å². The van der Waals surface area contributed by atoms with E-state index in [1.165, 1.54) is 30.9 Å². The van der Waals surface area contributed by atoms with Crippen molar-refractivity contribution in [2.24, 2.45) is 0 Å². The number of ketones is 1. The van der Waals surface area contributed by atoms with Gasteiger partial charge in [-0.1, -0.05) is 24.3 Å². The fourth-order valence-corrected chi connectivity index (χ4v) is 5.03. The first-order chi connectivity index (χ1) is 15.0. The van der Waals surface area contributed by atoms with Gasteiger partial charge in [0.05, 0.1) is 19.6 Å². The lowest BCUT2D eigenvalue weighted by Gasteiger charge is -2.22. The van der Waals surface area contributed by atoms with Crippen molar-refractivity contribution >= 4 is 23.0 Å². The minimum absolute atomic E-state index is 0.0326. The molecule has 1 unspecified atom stereocenters. The van der Waals surface area contributed by atoms with Crippen LogP contribution in [0.15, 0.2) is 53.9 Å². The highest BCUT2D eigenvalue weighted by Gasteiger charge is 2.21. The highest BCUT2D eigenvalue weighted by atomic mass is 32.1. The van der Waals surface area contributed by atoms with Crippen molar-refractivity contribution in [2.45, 2.75) is 45.1 Å². The fraction of sp³-hybridized carbons (Fsp3) is 0.308. The van der Waals surface area contributed by atoms with Crippen molar-refractivity contribution in [2.75, 3.05) is 7.11 Å². The topological polar surface area (TPSA) is 55.4 Å². The number of thiophene rings is 1. The molecule has 1 N–H and O–H groups in total. The standard InChI is InChI=1S/C26H27NO3S/c1-17(28)19-11-12-23(30-2)22(14-19)16-25(29)27-26(24-8-5-13-31-24)21-10-9-18-6-3-4-7-20(18)15-21/h5,8-15,26H,3-4,6-7,16H2,1-2H3,(H,27,29). The first-order valence-corrected chi connectivity index (χ1v) is 11.6. The Morgan fingerprint density at radius 3 is 2.58 bits per heavy atom. The van der Waals surface area contributed by atoms with Gasteiger partial charge in [-0.2, -0.15) is 0 Å². The molecule has 31 heavy (non-hydrogen) atoms. The maximum absolute atomic E-state index is 13.1. The van der Waals surface area contributed by atoms with Gasteiger partial charge in [0, 0.05) is 16.0 Å². The molecule has 3 aromatic rings. The summed E-state index contributed by atoms with van der Waals surface area (Å²) in [4.78, 5) is 26.0. The van der Waals surface area contributed by atoms with Gasteiger partial charge in [-0.25, -0.2) is 0 Å². The van der Waals surface area contributed by atoms with Crippen molar-refractivity contribution in [3.05, 3.63) is 86.6 Å². The number of rotatable bonds is 7. The van der Waals surface area contributed by atoms with Crippen LogP contribution >= 0.6 is 11.3 Å². The summed E-state index contributed by atoms with van der Waals surface area (Å²) >= 11 is 1.64. The van der Waals surface area contributed by atoms with Crippen LogP contribution < -0.4 is 10.1 Å². The van der Waals surface area contributed by atoms with Crippen LogP contribution in [0, 0.1) is 0 Å². The molecule has 1 amide bonds. The van der Waals surface area contributed by atoms with Crippen LogP contribution in [-0.2, 0) is 24.1 Å². The molecular formula is C26H27NO3S. The number of methoxy groups -OCH3 is 1. The fourth-order valence-electron chi connectivity index (χ4n) is 4.23. The smallest absolute Gasteiger partial charge is 0.225 e. The summed E-state index contributed by atoms with van der Waals surface area (Å²) < 4.78 is 5.42. The van der Waals surface area contributed by atoms with E-state index in [1.54, 1.807) is 36.6 Å². The largest absolute Gasteiger partial charge is 0.496 e. The number of carbonyl (C=O) groups is 2. The van der Waals surface area contributed by atoms with Crippen LogP contribution in [0.1, 0.15) is 63.3 Å². The number of hydrogen-bond donors (Lipinski definition) is 1. The number of hydrogen-bond acceptors (Lipinski definition) is 4. The molecule has 0 aliphatic heterocycles. The number of Topliss-reactive ketones (excluding diaryl/α,β-unsaturated/α-hetero) is 1. The minimum Gasteiger partial charge on any atom is -0.496 e. The Labute approximate surface area is 187 Å². The Morgan fingerprint density at radius 1 is 1.06 bits per heavy atom. The Balaban J connectivity index is 1.59. The molecule has 0 fully saturated rings. The van der Waals surface area contributed by atoms with Crippen molar-refractivity contribution in [3.8, 4) is 5.75 Å². The second kappa shape index (κ2) is 9.48. The zero-order valence-corrected chi connectivity index (χ0v) is 18.8. The number of carbonyl (C=O) groups excluding carboxylic acids is 2. The van der Waals surface area contributed by atoms with Crippen LogP contribution in [0.3, 0.4) is 0 Å². The third-order valence-corrected chi connectivity index (χ3v) is 6.81. The van der Waals surface area contributed by atoms with Gasteiger partial charge in [-0.05, 0) is 78.9 Å². The summed E-state index contributed by atoms with van der Waals surface area (Å²) in [6, 6.07) is 15.7. The van der Waals surface area contributed by atoms with E-state index in [9.17, 15) is 9.59 Å². The molecule has 1 aliphatic carbocycles. The van der Waals surface area contributed by atoms with Crippen LogP contribution in [0.4, 0.5) is 0 Å². The van der Waals surface area contributed by atoms with E-state index in [-0.39, 0.29) is 24.2 Å². The molecule has 4 rings (SSSR count). The average molecular weight is 434 g/mol. The molecule has 0 radical (unpaired) electrons. The predicted octanol–water partition coefficient (Wildman–Crippen LogP) is 5.29. The van der Waals surface area contributed by atoms with E-state index >= 15 is 0 Å². The van der Waals surface area contributed by atoms with Gasteiger partial charge in [0.1, 0.15) is 5.75 Å². The summed E-state index contributed by atoms with van der Waals surface area (Å²) in [6.07, 6.45) is 4.86. The van der Waals surface area contributed by atoms with Crippen LogP contribution in [0.2, 0.25) is 0 Å². The van der Waals surface area contributed by atoms with E-state index in [0.717, 1.165) is 23.3 Å². The van der Waals surface area contributed by atoms with Crippen LogP contribution in [0.25, 0.3) is 0 Å². The molecule has 0 bridgehead atoms. The predicted molar refractivity (Wildman–Crippen MR) is 124 cm³/mol. The van der Waals surface area contributed by atoms with E-state index < -0.39 is 0 Å². The number of nitrogens with one attached hydrogen (secondary N) is 1. The highest BCUT2D eigenvalue weighted by Crippen LogP contribution is 2.30. The lowest BCUT2D eigenvalue weighted by molar-refractivity contribution is -0.120. The minimum atomic E-state index is -0.193. The lowest BCUT2D eigenvalue weighted by atomic mass is 9.89. The summed E-state index contributed by atoms with van der Waals surface area (Å²) in [7, 11) is 1.58. The van der Waals surface area contributed by atoms with Gasteiger partial charge in [0.2, 0.25) is 5.91 Å². The van der Waals surface area contributed by atoms with Gasteiger partial charge in [0.25, 0.3) is 0 Å². The molecule has 5 heteroatoms. The van der Waals surface area contributed by atoms with E-state index in [0.29, 0.717) is 16.9 Å². The SMILES string of the molecule is COc1ccc(C(C)=O)cc1CC(=O)NC(c1ccc2c(c1)CCCC2)c1cccs1. The third kappa shape index (κ3) is 4.88. The molecule has 1 atom stereocenters. The maximum Gasteiger partial charge on any atom is 0.225 e. The Morgan fingerprint density at radius 2 is 1.87 bits per heavy atom. The average Bonchev–Trinajstić information content (AvgIpc) is 3.31. The molecule has 0 spiro atoms. The molecule has 1 heterocycles. The first-order valence-electron chi connectivity index (χ1n) is 10.7. The molecule has 160 valence electrons. The van der Waals surface area contributed by atoms with Crippen molar-refractivity contribution in [1.82, 2.24) is 5.32 Å². The molecular weight excluding hydrogens is 406 g/mol. The summed E-state index contributed by atoms with van der Waals surface area (Å²) in [6.45, 7) is 1.52. The zero-order valence-electron chi connectivity index (χ0n) is 17.9. The van der Waals surface area contributed by atoms with Crippen molar-refractivity contribution in [3.63, 3.8) is 0 Å². The second-order valence-corrected chi connectivity index (χ2v) is 8.99. The van der Waals surface area contributed by atoms with Crippen LogP contribution in [-0.4, -0.2) is 18.8 Å². The Hall–Kier alpha value is -2.92. The molecule has 4 nitrogen and oxygen atoms in total. The monoisotopic (exact) mass is 433 g/mol. The highest BCUT2D eigenvalue weighted by molar-refractivity contribution is 7.10. The molecule has 2 aromatic carbocycles. The number of amides is 1. The summed E-state index contributed by atoms with van der Waals surface area (Å²) in [5.41, 5.74) is 5.23. The van der Waals surface area contributed by atoms with Gasteiger partial charge in [-0.3, -0.25) is 9.59 Å². The quantitative estimate of drug-likeness (QED) is 0.515. The van der Waals surface area contributed by atoms with Crippen molar-refractivity contribution in [1.29, 1.82) is 0 Å². The third-order valence-electron chi connectivity index (χ3n) is 5.88. The maximum atomic E-state index is 13.1. The number of aryl methyl sites for hydroxylation is 2. The summed E-state index contributed by atoms with van der Waals surface area (Å²) in [5.74, 6) is 0.478. The van der Waals surface area contributed by atoms with E-state index in [1.807, 2.05) is 11.4 Å². The first kappa shape index (κ1) is 21.3. The Kier molecular flexibility index (Phi) is 6.52. The molecule has 1 aliphatic rings.